The van der Waals surface area contributed by atoms with Crippen molar-refractivity contribution in [3.8, 4) is 17.4 Å². The van der Waals surface area contributed by atoms with Crippen LogP contribution in [0.25, 0.3) is 5.65 Å². The van der Waals surface area contributed by atoms with E-state index in [1.807, 2.05) is 34.6 Å². The molecule has 1 amide bonds. The number of pyridine rings is 2. The SMILES string of the molecule is CCC(C)(CC)NC(=O)c1cn2c(C(C)C)c(Oc3ncc(Cl)cc3OCC(F)(F)F)ccc2n1. The highest BCUT2D eigenvalue weighted by atomic mass is 35.5. The van der Waals surface area contributed by atoms with Crippen molar-refractivity contribution in [2.24, 2.45) is 0 Å². The lowest BCUT2D eigenvalue weighted by atomic mass is 9.95. The molecule has 35 heavy (non-hydrogen) atoms. The van der Waals surface area contributed by atoms with Gasteiger partial charge in [-0.25, -0.2) is 9.97 Å². The number of hydrogen-bond donors (Lipinski definition) is 1. The second kappa shape index (κ2) is 10.3. The van der Waals surface area contributed by atoms with Gasteiger partial charge < -0.3 is 14.8 Å². The predicted octanol–water partition coefficient (Wildman–Crippen LogP) is 6.55. The molecule has 0 spiro atoms. The number of carbonyl (C=O) groups excluding carboxylic acids is 1. The van der Waals surface area contributed by atoms with Crippen molar-refractivity contribution in [3.05, 3.63) is 47.0 Å². The highest BCUT2D eigenvalue weighted by Gasteiger charge is 2.30. The quantitative estimate of drug-likeness (QED) is 0.352. The fraction of sp³-hybridized carbons (Fsp3) is 0.458. The Kier molecular flexibility index (Phi) is 7.83. The van der Waals surface area contributed by atoms with Crippen LogP contribution in [0.4, 0.5) is 13.2 Å². The van der Waals surface area contributed by atoms with Crippen molar-refractivity contribution < 1.29 is 27.4 Å². The minimum absolute atomic E-state index is 0.0952. The van der Waals surface area contributed by atoms with Crippen LogP contribution in [0.1, 0.15) is 69.6 Å². The van der Waals surface area contributed by atoms with E-state index in [1.54, 1.807) is 22.7 Å². The number of fused-ring (bicyclic) bond motifs is 1. The Balaban J connectivity index is 1.99. The first-order valence-electron chi connectivity index (χ1n) is 11.2. The van der Waals surface area contributed by atoms with Crippen molar-refractivity contribution in [2.45, 2.75) is 65.1 Å². The van der Waals surface area contributed by atoms with Gasteiger partial charge in [-0.2, -0.15) is 13.2 Å². The smallest absolute Gasteiger partial charge is 0.422 e. The molecule has 0 saturated heterocycles. The van der Waals surface area contributed by atoms with Gasteiger partial charge in [-0.15, -0.1) is 0 Å². The Morgan fingerprint density at radius 2 is 1.89 bits per heavy atom. The maximum atomic E-state index is 12.9. The predicted molar refractivity (Wildman–Crippen MR) is 127 cm³/mol. The Morgan fingerprint density at radius 3 is 2.49 bits per heavy atom. The summed E-state index contributed by atoms with van der Waals surface area (Å²) in [4.78, 5) is 21.4. The van der Waals surface area contributed by atoms with Gasteiger partial charge in [-0.3, -0.25) is 9.20 Å². The number of nitrogens with zero attached hydrogens (tertiary/aromatic N) is 3. The third-order valence-corrected chi connectivity index (χ3v) is 5.97. The summed E-state index contributed by atoms with van der Waals surface area (Å²) in [5, 5.41) is 3.14. The Bertz CT molecular complexity index is 1210. The fourth-order valence-electron chi connectivity index (χ4n) is 3.43. The maximum absolute atomic E-state index is 12.9. The molecule has 0 aromatic carbocycles. The van der Waals surface area contributed by atoms with Gasteiger partial charge in [0.05, 0.1) is 10.7 Å². The van der Waals surface area contributed by atoms with Gasteiger partial charge in [0.25, 0.3) is 11.8 Å². The van der Waals surface area contributed by atoms with Crippen molar-refractivity contribution in [1.29, 1.82) is 0 Å². The van der Waals surface area contributed by atoms with Crippen molar-refractivity contribution in [2.75, 3.05) is 6.61 Å². The lowest BCUT2D eigenvalue weighted by Gasteiger charge is -2.27. The molecule has 0 aliphatic carbocycles. The topological polar surface area (TPSA) is 77.8 Å². The van der Waals surface area contributed by atoms with Gasteiger partial charge in [0, 0.05) is 24.0 Å². The van der Waals surface area contributed by atoms with Crippen LogP contribution in [0.15, 0.2) is 30.6 Å². The summed E-state index contributed by atoms with van der Waals surface area (Å²) < 4.78 is 50.6. The summed E-state index contributed by atoms with van der Waals surface area (Å²) in [7, 11) is 0. The van der Waals surface area contributed by atoms with Gasteiger partial charge in [0.2, 0.25) is 0 Å². The molecule has 3 aromatic heterocycles. The lowest BCUT2D eigenvalue weighted by molar-refractivity contribution is -0.153. The summed E-state index contributed by atoms with van der Waals surface area (Å²) in [6.45, 7) is 8.31. The number of imidazole rings is 1. The largest absolute Gasteiger partial charge is 0.478 e. The average Bonchev–Trinajstić information content (AvgIpc) is 3.22. The van der Waals surface area contributed by atoms with E-state index >= 15 is 0 Å². The summed E-state index contributed by atoms with van der Waals surface area (Å²) in [6.07, 6.45) is -0.131. The Hall–Kier alpha value is -3.01. The van der Waals surface area contributed by atoms with Crippen LogP contribution in [0, 0.1) is 0 Å². The van der Waals surface area contributed by atoms with E-state index < -0.39 is 12.8 Å². The zero-order valence-electron chi connectivity index (χ0n) is 20.2. The van der Waals surface area contributed by atoms with Crippen LogP contribution in [-0.4, -0.2) is 38.6 Å². The molecule has 7 nitrogen and oxygen atoms in total. The van der Waals surface area contributed by atoms with Crippen LogP contribution in [0.3, 0.4) is 0 Å². The maximum Gasteiger partial charge on any atom is 0.422 e. The molecule has 3 rings (SSSR count). The highest BCUT2D eigenvalue weighted by Crippen LogP contribution is 2.36. The molecule has 0 saturated carbocycles. The molecular formula is C24H28ClF3N4O3. The van der Waals surface area contributed by atoms with E-state index in [-0.39, 0.29) is 39.7 Å². The number of rotatable bonds is 9. The van der Waals surface area contributed by atoms with E-state index in [4.69, 9.17) is 21.1 Å². The number of hydrogen-bond acceptors (Lipinski definition) is 5. The number of carbonyl (C=O) groups is 1. The molecule has 11 heteroatoms. The summed E-state index contributed by atoms with van der Waals surface area (Å²) in [5.41, 5.74) is 1.07. The van der Waals surface area contributed by atoms with Crippen molar-refractivity contribution >= 4 is 23.2 Å². The molecule has 0 fully saturated rings. The normalized spacial score (nSPS) is 12.3. The monoisotopic (exact) mass is 512 g/mol. The third kappa shape index (κ3) is 6.36. The molecule has 3 aromatic rings. The van der Waals surface area contributed by atoms with Crippen LogP contribution < -0.4 is 14.8 Å². The molecule has 0 atom stereocenters. The lowest BCUT2D eigenvalue weighted by Crippen LogP contribution is -2.45. The second-order valence-electron chi connectivity index (χ2n) is 8.78. The summed E-state index contributed by atoms with van der Waals surface area (Å²) in [5.74, 6) is -0.467. The minimum atomic E-state index is -4.54. The number of nitrogens with one attached hydrogen (secondary N) is 1. The van der Waals surface area contributed by atoms with Gasteiger partial charge in [-0.1, -0.05) is 39.3 Å². The van der Waals surface area contributed by atoms with E-state index in [2.05, 4.69) is 15.3 Å². The molecular weight excluding hydrogens is 485 g/mol. The molecule has 0 aliphatic rings. The van der Waals surface area contributed by atoms with E-state index in [0.717, 1.165) is 12.8 Å². The fourth-order valence-corrected chi connectivity index (χ4v) is 3.58. The minimum Gasteiger partial charge on any atom is -0.478 e. The first-order valence-corrected chi connectivity index (χ1v) is 11.6. The van der Waals surface area contributed by atoms with Gasteiger partial charge >= 0.3 is 6.18 Å². The highest BCUT2D eigenvalue weighted by molar-refractivity contribution is 6.30. The molecule has 0 unspecified atom stereocenters. The zero-order valence-corrected chi connectivity index (χ0v) is 20.9. The standard InChI is InChI=1S/C24H28ClF3N4O3/c1-6-23(5,7-2)31-21(33)16-12-32-19(30-16)9-8-17(20(32)14(3)4)35-22-18(10-15(25)11-29-22)34-13-24(26,27)28/h8-12,14H,6-7,13H2,1-5H3,(H,31,33). The van der Waals surface area contributed by atoms with E-state index in [9.17, 15) is 18.0 Å². The average molecular weight is 513 g/mol. The number of amides is 1. The molecule has 0 aliphatic heterocycles. The van der Waals surface area contributed by atoms with E-state index in [0.29, 0.717) is 17.1 Å². The Labute approximate surface area is 206 Å². The molecule has 190 valence electrons. The van der Waals surface area contributed by atoms with Gasteiger partial charge in [0.1, 0.15) is 17.1 Å². The number of alkyl halides is 3. The van der Waals surface area contributed by atoms with Crippen molar-refractivity contribution in [3.63, 3.8) is 0 Å². The molecule has 0 bridgehead atoms. The molecule has 1 N–H and O–H groups in total. The van der Waals surface area contributed by atoms with Gasteiger partial charge in [-0.05, 0) is 37.8 Å². The Morgan fingerprint density at radius 1 is 1.20 bits per heavy atom. The van der Waals surface area contributed by atoms with Crippen LogP contribution in [0.2, 0.25) is 5.02 Å². The van der Waals surface area contributed by atoms with Crippen molar-refractivity contribution in [1.82, 2.24) is 19.7 Å². The zero-order chi connectivity index (χ0) is 26.0. The summed E-state index contributed by atoms with van der Waals surface area (Å²) >= 11 is 5.90. The summed E-state index contributed by atoms with van der Waals surface area (Å²) in [6, 6.07) is 4.50. The third-order valence-electron chi connectivity index (χ3n) is 5.77. The van der Waals surface area contributed by atoms with Gasteiger partial charge in [0.15, 0.2) is 12.4 Å². The van der Waals surface area contributed by atoms with Crippen LogP contribution >= 0.6 is 11.6 Å². The van der Waals surface area contributed by atoms with E-state index in [1.165, 1.54) is 12.3 Å². The second-order valence-corrected chi connectivity index (χ2v) is 9.21. The number of halogens is 4. The number of ether oxygens (including phenoxy) is 2. The van der Waals surface area contributed by atoms with Crippen LogP contribution in [0.5, 0.6) is 17.4 Å². The van der Waals surface area contributed by atoms with Crippen LogP contribution in [-0.2, 0) is 0 Å². The first-order chi connectivity index (χ1) is 16.4. The molecule has 3 heterocycles. The number of aromatic nitrogens is 3. The first kappa shape index (κ1) is 26.6. The molecule has 0 radical (unpaired) electrons.